The van der Waals surface area contributed by atoms with Crippen LogP contribution in [0.2, 0.25) is 0 Å². The van der Waals surface area contributed by atoms with Crippen LogP contribution < -0.4 is 5.32 Å². The molecule has 4 rings (SSSR count). The molecule has 1 fully saturated rings. The highest BCUT2D eigenvalue weighted by Gasteiger charge is 2.34. The number of hydrogen-bond donors (Lipinski definition) is 1. The Balaban J connectivity index is 1.53. The molecule has 0 spiro atoms. The number of fused-ring (bicyclic) bond motifs is 1. The fourth-order valence-corrected chi connectivity index (χ4v) is 3.01. The standard InChI is InChI=1S/C17H17N3/c1-3-7-13(8-4-1)15-11-20-12-16(19-17(20)18-15)14-9-5-2-6-10-14/h1-10,15-16H,11-12H2,(H,18,19)/t15-,16?/m1/s1. The smallest absolute Gasteiger partial charge is 0.195 e. The Labute approximate surface area is 119 Å². The minimum Gasteiger partial charge on any atom is -0.348 e. The molecule has 0 bridgehead atoms. The maximum absolute atomic E-state index is 4.83. The second-order valence-corrected chi connectivity index (χ2v) is 5.39. The van der Waals surface area contributed by atoms with Crippen LogP contribution in [0.5, 0.6) is 0 Å². The normalized spacial score (nSPS) is 24.2. The molecule has 20 heavy (non-hydrogen) atoms. The fraction of sp³-hybridized carbons (Fsp3) is 0.235. The van der Waals surface area contributed by atoms with Gasteiger partial charge in [-0.05, 0) is 11.1 Å². The van der Waals surface area contributed by atoms with Gasteiger partial charge in [0.25, 0.3) is 0 Å². The Morgan fingerprint density at radius 2 is 1.50 bits per heavy atom. The number of rotatable bonds is 2. The number of guanidine groups is 1. The van der Waals surface area contributed by atoms with E-state index in [1.54, 1.807) is 0 Å². The summed E-state index contributed by atoms with van der Waals surface area (Å²) in [4.78, 5) is 7.18. The number of aliphatic imine (C=N–C) groups is 1. The van der Waals surface area contributed by atoms with Crippen LogP contribution >= 0.6 is 0 Å². The molecule has 1 unspecified atom stereocenters. The van der Waals surface area contributed by atoms with Crippen molar-refractivity contribution in [2.24, 2.45) is 4.99 Å². The van der Waals surface area contributed by atoms with Crippen LogP contribution in [0.1, 0.15) is 23.2 Å². The maximum atomic E-state index is 4.83. The van der Waals surface area contributed by atoms with E-state index < -0.39 is 0 Å². The first-order valence-electron chi connectivity index (χ1n) is 7.09. The number of nitrogens with one attached hydrogen (secondary N) is 1. The Morgan fingerprint density at radius 3 is 2.15 bits per heavy atom. The number of benzene rings is 2. The van der Waals surface area contributed by atoms with Gasteiger partial charge in [-0.25, -0.2) is 4.99 Å². The van der Waals surface area contributed by atoms with Gasteiger partial charge in [0.05, 0.1) is 12.1 Å². The van der Waals surface area contributed by atoms with Crippen molar-refractivity contribution in [1.29, 1.82) is 0 Å². The van der Waals surface area contributed by atoms with E-state index >= 15 is 0 Å². The van der Waals surface area contributed by atoms with E-state index in [0.717, 1.165) is 19.0 Å². The van der Waals surface area contributed by atoms with Crippen LogP contribution in [0, 0.1) is 0 Å². The molecule has 2 atom stereocenters. The van der Waals surface area contributed by atoms with Gasteiger partial charge in [0, 0.05) is 13.1 Å². The van der Waals surface area contributed by atoms with Gasteiger partial charge in [-0.1, -0.05) is 60.7 Å². The van der Waals surface area contributed by atoms with Crippen LogP contribution in [-0.4, -0.2) is 23.9 Å². The lowest BCUT2D eigenvalue weighted by Crippen LogP contribution is -2.25. The quantitative estimate of drug-likeness (QED) is 0.902. The second-order valence-electron chi connectivity index (χ2n) is 5.39. The van der Waals surface area contributed by atoms with Gasteiger partial charge in [0.15, 0.2) is 5.96 Å². The van der Waals surface area contributed by atoms with Crippen molar-refractivity contribution in [2.75, 3.05) is 13.1 Å². The average molecular weight is 263 g/mol. The first-order valence-corrected chi connectivity index (χ1v) is 7.09. The van der Waals surface area contributed by atoms with Crippen molar-refractivity contribution in [3.63, 3.8) is 0 Å². The summed E-state index contributed by atoms with van der Waals surface area (Å²) >= 11 is 0. The summed E-state index contributed by atoms with van der Waals surface area (Å²) < 4.78 is 0. The Hall–Kier alpha value is -2.29. The monoisotopic (exact) mass is 263 g/mol. The van der Waals surface area contributed by atoms with E-state index in [9.17, 15) is 0 Å². The average Bonchev–Trinajstić information content (AvgIpc) is 3.08. The zero-order chi connectivity index (χ0) is 13.4. The van der Waals surface area contributed by atoms with Gasteiger partial charge in [-0.2, -0.15) is 0 Å². The van der Waals surface area contributed by atoms with Crippen LogP contribution in [0.15, 0.2) is 65.7 Å². The SMILES string of the molecule is c1ccc(C2CN3C[C@H](c4ccccc4)NC3=N2)cc1. The summed E-state index contributed by atoms with van der Waals surface area (Å²) in [5, 5.41) is 3.54. The van der Waals surface area contributed by atoms with E-state index in [4.69, 9.17) is 4.99 Å². The summed E-state index contributed by atoms with van der Waals surface area (Å²) in [5.41, 5.74) is 2.63. The molecule has 2 aromatic rings. The topological polar surface area (TPSA) is 27.6 Å². The van der Waals surface area contributed by atoms with Crippen LogP contribution in [-0.2, 0) is 0 Å². The Kier molecular flexibility index (Phi) is 2.69. The molecule has 0 saturated carbocycles. The fourth-order valence-electron chi connectivity index (χ4n) is 3.01. The predicted octanol–water partition coefficient (Wildman–Crippen LogP) is 2.74. The lowest BCUT2D eigenvalue weighted by atomic mass is 10.1. The summed E-state index contributed by atoms with van der Waals surface area (Å²) in [5.74, 6) is 1.05. The molecule has 3 heteroatoms. The Morgan fingerprint density at radius 1 is 0.850 bits per heavy atom. The van der Waals surface area contributed by atoms with Crippen molar-refractivity contribution < 1.29 is 0 Å². The number of hydrogen-bond acceptors (Lipinski definition) is 3. The highest BCUT2D eigenvalue weighted by atomic mass is 15.4. The third-order valence-electron chi connectivity index (χ3n) is 4.06. The van der Waals surface area contributed by atoms with E-state index in [0.29, 0.717) is 6.04 Å². The second kappa shape index (κ2) is 4.67. The van der Waals surface area contributed by atoms with Crippen molar-refractivity contribution in [1.82, 2.24) is 10.2 Å². The van der Waals surface area contributed by atoms with E-state index in [1.165, 1.54) is 11.1 Å². The molecule has 0 aromatic heterocycles. The molecule has 0 amide bonds. The minimum atomic E-state index is 0.274. The van der Waals surface area contributed by atoms with Gasteiger partial charge in [0.2, 0.25) is 0 Å². The lowest BCUT2D eigenvalue weighted by Gasteiger charge is -2.15. The van der Waals surface area contributed by atoms with E-state index in [-0.39, 0.29) is 6.04 Å². The summed E-state index contributed by atoms with van der Waals surface area (Å²) in [6, 6.07) is 21.8. The molecule has 2 heterocycles. The molecule has 1 saturated heterocycles. The zero-order valence-corrected chi connectivity index (χ0v) is 11.2. The molecule has 2 aromatic carbocycles. The minimum absolute atomic E-state index is 0.274. The molecule has 0 aliphatic carbocycles. The molecule has 0 radical (unpaired) electrons. The molecular weight excluding hydrogens is 246 g/mol. The zero-order valence-electron chi connectivity index (χ0n) is 11.2. The van der Waals surface area contributed by atoms with Gasteiger partial charge in [0.1, 0.15) is 0 Å². The predicted molar refractivity (Wildman–Crippen MR) is 80.5 cm³/mol. The van der Waals surface area contributed by atoms with Crippen LogP contribution in [0.25, 0.3) is 0 Å². The van der Waals surface area contributed by atoms with Gasteiger partial charge < -0.3 is 10.2 Å². The van der Waals surface area contributed by atoms with Crippen molar-refractivity contribution in [3.8, 4) is 0 Å². The van der Waals surface area contributed by atoms with Crippen molar-refractivity contribution in [2.45, 2.75) is 12.1 Å². The van der Waals surface area contributed by atoms with Crippen LogP contribution in [0.3, 0.4) is 0 Å². The summed E-state index contributed by atoms with van der Waals surface area (Å²) in [6.07, 6.45) is 0. The molecule has 2 aliphatic heterocycles. The highest BCUT2D eigenvalue weighted by Crippen LogP contribution is 2.30. The van der Waals surface area contributed by atoms with Gasteiger partial charge >= 0.3 is 0 Å². The molecular formula is C17H17N3. The van der Waals surface area contributed by atoms with Crippen LogP contribution in [0.4, 0.5) is 0 Å². The first kappa shape index (κ1) is 11.5. The third-order valence-corrected chi connectivity index (χ3v) is 4.06. The maximum Gasteiger partial charge on any atom is 0.195 e. The molecule has 2 aliphatic rings. The molecule has 100 valence electrons. The van der Waals surface area contributed by atoms with Crippen molar-refractivity contribution in [3.05, 3.63) is 71.8 Å². The summed E-state index contributed by atoms with van der Waals surface area (Å²) in [7, 11) is 0. The third kappa shape index (κ3) is 1.95. The van der Waals surface area contributed by atoms with E-state index in [1.807, 2.05) is 0 Å². The lowest BCUT2D eigenvalue weighted by molar-refractivity contribution is 0.433. The molecule has 1 N–H and O–H groups in total. The number of nitrogens with zero attached hydrogens (tertiary/aromatic N) is 2. The van der Waals surface area contributed by atoms with Gasteiger partial charge in [-0.15, -0.1) is 0 Å². The van der Waals surface area contributed by atoms with Crippen molar-refractivity contribution >= 4 is 5.96 Å². The summed E-state index contributed by atoms with van der Waals surface area (Å²) in [6.45, 7) is 1.99. The molecule has 3 nitrogen and oxygen atoms in total. The first-order chi connectivity index (χ1) is 9.90. The Bertz CT molecular complexity index is 621. The largest absolute Gasteiger partial charge is 0.348 e. The highest BCUT2D eigenvalue weighted by molar-refractivity contribution is 5.84. The van der Waals surface area contributed by atoms with E-state index in [2.05, 4.69) is 70.9 Å². The van der Waals surface area contributed by atoms with Gasteiger partial charge in [-0.3, -0.25) is 0 Å².